The fraction of sp³-hybridized carbons (Fsp3) is 0.629. The van der Waals surface area contributed by atoms with Crippen molar-refractivity contribution in [3.63, 3.8) is 0 Å². The Morgan fingerprint density at radius 2 is 1.40 bits per heavy atom. The summed E-state index contributed by atoms with van der Waals surface area (Å²) in [5, 5.41) is 0.119. The van der Waals surface area contributed by atoms with Crippen molar-refractivity contribution < 1.29 is 18.7 Å². The monoisotopic (exact) mass is 626 g/mol. The van der Waals surface area contributed by atoms with Crippen LogP contribution in [0.25, 0.3) is 0 Å². The van der Waals surface area contributed by atoms with E-state index in [0.29, 0.717) is 13.2 Å². The van der Waals surface area contributed by atoms with E-state index >= 15 is 0 Å². The topological polar surface area (TPSA) is 51.2 Å². The molecule has 6 nitrogen and oxygen atoms in total. The first-order chi connectivity index (χ1) is 19.7. The average molecular weight is 627 g/mol. The van der Waals surface area contributed by atoms with Crippen LogP contribution < -0.4 is 0 Å². The molecule has 2 aromatic carbocycles. The van der Waals surface area contributed by atoms with Gasteiger partial charge in [-0.05, 0) is 63.4 Å². The molecule has 2 atom stereocenters. The summed E-state index contributed by atoms with van der Waals surface area (Å²) < 4.78 is 19.6. The molecular weight excluding hydrogens is 569 g/mol. The molecule has 0 N–H and O–H groups in total. The van der Waals surface area contributed by atoms with Gasteiger partial charge < -0.3 is 13.9 Å². The molecule has 1 heterocycles. The van der Waals surface area contributed by atoms with Gasteiger partial charge in [-0.1, -0.05) is 101 Å². The Hall–Kier alpha value is -1.98. The SMILES string of the molecule is CC1(C)COC(C)(C)N1C(=O)O[C@H]([C@H](CCO[Si](C)(C)C(C)(C)C)N(Cc1ccccc1)Cc1ccccc1)[Si](C)(C)C. The number of benzene rings is 2. The van der Waals surface area contributed by atoms with Crippen LogP contribution in [-0.2, 0) is 27.0 Å². The van der Waals surface area contributed by atoms with Crippen LogP contribution in [0.3, 0.4) is 0 Å². The van der Waals surface area contributed by atoms with E-state index in [0.717, 1.165) is 19.5 Å². The maximum absolute atomic E-state index is 14.1. The van der Waals surface area contributed by atoms with E-state index in [1.165, 1.54) is 11.1 Å². The second-order valence-electron chi connectivity index (χ2n) is 15.9. The number of carbonyl (C=O) groups is 1. The zero-order valence-electron chi connectivity index (χ0n) is 29.0. The molecule has 43 heavy (non-hydrogen) atoms. The van der Waals surface area contributed by atoms with Gasteiger partial charge >= 0.3 is 6.09 Å². The molecule has 1 saturated heterocycles. The van der Waals surface area contributed by atoms with Gasteiger partial charge in [0.25, 0.3) is 0 Å². The molecule has 0 aliphatic carbocycles. The zero-order valence-corrected chi connectivity index (χ0v) is 31.0. The first kappa shape index (κ1) is 35.5. The average Bonchev–Trinajstić information content (AvgIpc) is 3.11. The second kappa shape index (κ2) is 13.6. The molecule has 2 aromatic rings. The highest BCUT2D eigenvalue weighted by atomic mass is 28.4. The van der Waals surface area contributed by atoms with Crippen LogP contribution in [0.1, 0.15) is 66.0 Å². The van der Waals surface area contributed by atoms with Crippen LogP contribution in [-0.4, -0.2) is 68.5 Å². The van der Waals surface area contributed by atoms with Gasteiger partial charge in [0.2, 0.25) is 0 Å². The Labute approximate surface area is 264 Å². The standard InChI is InChI=1S/C35H58N2O4Si2/c1-33(2,3)43(11,12)40-24-23-30(36(25-28-19-15-13-16-20-28)26-29-21-17-14-18-22-29)31(42(8,9)10)41-32(38)37-34(4,5)27-39-35(37,6)7/h13-22,30-31H,23-27H2,1-12H3/t30-,31-/m0/s1. The minimum atomic E-state index is -2.08. The number of rotatable bonds is 12. The van der Waals surface area contributed by atoms with E-state index in [2.05, 4.69) is 119 Å². The van der Waals surface area contributed by atoms with E-state index in [-0.39, 0.29) is 22.9 Å². The Balaban J connectivity index is 2.05. The number of carbonyl (C=O) groups excluding carboxylic acids is 1. The van der Waals surface area contributed by atoms with E-state index in [1.54, 1.807) is 4.90 Å². The molecule has 1 fully saturated rings. The summed E-state index contributed by atoms with van der Waals surface area (Å²) in [7, 11) is -4.05. The summed E-state index contributed by atoms with van der Waals surface area (Å²) in [5.74, 6) is 0. The Kier molecular flexibility index (Phi) is 11.2. The molecule has 0 aromatic heterocycles. The summed E-state index contributed by atoms with van der Waals surface area (Å²) in [5.41, 5.74) is 1.02. The van der Waals surface area contributed by atoms with Crippen LogP contribution >= 0.6 is 0 Å². The molecule has 1 aliphatic heterocycles. The maximum atomic E-state index is 14.1. The Morgan fingerprint density at radius 3 is 1.79 bits per heavy atom. The first-order valence-corrected chi connectivity index (χ1v) is 22.3. The van der Waals surface area contributed by atoms with E-state index in [9.17, 15) is 4.79 Å². The molecule has 0 unspecified atom stereocenters. The van der Waals surface area contributed by atoms with Crippen molar-refractivity contribution >= 4 is 22.5 Å². The lowest BCUT2D eigenvalue weighted by Crippen LogP contribution is -2.60. The minimum absolute atomic E-state index is 0.0319. The molecule has 1 amide bonds. The van der Waals surface area contributed by atoms with Gasteiger partial charge in [-0.3, -0.25) is 9.80 Å². The number of hydrogen-bond acceptors (Lipinski definition) is 5. The highest BCUT2D eigenvalue weighted by Gasteiger charge is 2.51. The lowest BCUT2D eigenvalue weighted by Gasteiger charge is -2.45. The maximum Gasteiger partial charge on any atom is 0.412 e. The smallest absolute Gasteiger partial charge is 0.412 e. The Morgan fingerprint density at radius 1 is 0.907 bits per heavy atom. The summed E-state index contributed by atoms with van der Waals surface area (Å²) in [6, 6.07) is 21.2. The molecule has 240 valence electrons. The third-order valence-electron chi connectivity index (χ3n) is 9.14. The van der Waals surface area contributed by atoms with Gasteiger partial charge in [-0.25, -0.2) is 4.79 Å². The van der Waals surface area contributed by atoms with Crippen molar-refractivity contribution in [2.45, 2.75) is 129 Å². The van der Waals surface area contributed by atoms with Gasteiger partial charge in [-0.15, -0.1) is 0 Å². The fourth-order valence-electron chi connectivity index (χ4n) is 5.78. The normalized spacial score (nSPS) is 18.5. The summed E-state index contributed by atoms with van der Waals surface area (Å²) in [6.45, 7) is 29.0. The van der Waals surface area contributed by atoms with Crippen LogP contribution in [0.2, 0.25) is 37.8 Å². The summed E-state index contributed by atoms with van der Waals surface area (Å²) in [4.78, 5) is 18.5. The third kappa shape index (κ3) is 9.27. The van der Waals surface area contributed by atoms with Crippen molar-refractivity contribution in [1.29, 1.82) is 0 Å². The van der Waals surface area contributed by atoms with Crippen LogP contribution in [0.4, 0.5) is 4.79 Å². The van der Waals surface area contributed by atoms with Gasteiger partial charge in [-0.2, -0.15) is 0 Å². The van der Waals surface area contributed by atoms with Crippen LogP contribution in [0.15, 0.2) is 60.7 Å². The van der Waals surface area contributed by atoms with Gasteiger partial charge in [0.05, 0.1) is 20.2 Å². The molecule has 0 saturated carbocycles. The van der Waals surface area contributed by atoms with E-state index < -0.39 is 27.7 Å². The third-order valence-corrected chi connectivity index (χ3v) is 15.9. The van der Waals surface area contributed by atoms with Crippen molar-refractivity contribution in [2.24, 2.45) is 0 Å². The lowest BCUT2D eigenvalue weighted by molar-refractivity contribution is -0.0606. The number of hydrogen-bond donors (Lipinski definition) is 0. The molecule has 0 spiro atoms. The van der Waals surface area contributed by atoms with Crippen molar-refractivity contribution in [3.05, 3.63) is 71.8 Å². The first-order valence-electron chi connectivity index (χ1n) is 15.9. The fourth-order valence-corrected chi connectivity index (χ4v) is 8.82. The molecule has 0 radical (unpaired) electrons. The quantitative estimate of drug-likeness (QED) is 0.221. The van der Waals surface area contributed by atoms with Crippen LogP contribution in [0, 0.1) is 0 Å². The predicted molar refractivity (Wildman–Crippen MR) is 183 cm³/mol. The van der Waals surface area contributed by atoms with Crippen molar-refractivity contribution in [3.8, 4) is 0 Å². The van der Waals surface area contributed by atoms with E-state index in [1.807, 2.05) is 27.7 Å². The van der Waals surface area contributed by atoms with Gasteiger partial charge in [0.1, 0.15) is 11.5 Å². The largest absolute Gasteiger partial charge is 0.448 e. The van der Waals surface area contributed by atoms with Gasteiger partial charge in [0, 0.05) is 25.7 Å². The zero-order chi connectivity index (χ0) is 32.3. The molecule has 0 bridgehead atoms. The lowest BCUT2D eigenvalue weighted by atomic mass is 10.0. The molecular formula is C35H58N2O4Si2. The number of nitrogens with zero attached hydrogens (tertiary/aromatic N) is 2. The molecule has 8 heteroatoms. The Bertz CT molecular complexity index is 1120. The van der Waals surface area contributed by atoms with Crippen LogP contribution in [0.5, 0.6) is 0 Å². The summed E-state index contributed by atoms with van der Waals surface area (Å²) >= 11 is 0. The van der Waals surface area contributed by atoms with Gasteiger partial charge in [0.15, 0.2) is 8.32 Å². The number of amides is 1. The highest BCUT2D eigenvalue weighted by molar-refractivity contribution is 6.77. The van der Waals surface area contributed by atoms with Crippen molar-refractivity contribution in [1.82, 2.24) is 9.80 Å². The van der Waals surface area contributed by atoms with Crippen molar-refractivity contribution in [2.75, 3.05) is 13.2 Å². The van der Waals surface area contributed by atoms with E-state index in [4.69, 9.17) is 13.9 Å². The minimum Gasteiger partial charge on any atom is -0.448 e. The predicted octanol–water partition coefficient (Wildman–Crippen LogP) is 8.70. The number of ether oxygens (including phenoxy) is 2. The molecule has 1 aliphatic rings. The summed E-state index contributed by atoms with van der Waals surface area (Å²) in [6.07, 6.45) is 0.479. The molecule has 3 rings (SSSR count). The highest BCUT2D eigenvalue weighted by Crippen LogP contribution is 2.38. The second-order valence-corrected chi connectivity index (χ2v) is 26.0.